The van der Waals surface area contributed by atoms with Crippen LogP contribution in [0, 0.1) is 18.3 Å². The van der Waals surface area contributed by atoms with Crippen LogP contribution in [0.1, 0.15) is 86.8 Å². The van der Waals surface area contributed by atoms with E-state index in [1.165, 1.54) is 31.2 Å². The molecule has 0 bridgehead atoms. The maximum absolute atomic E-state index is 13.6. The molecule has 7 nitrogen and oxygen atoms in total. The van der Waals surface area contributed by atoms with E-state index in [9.17, 15) is 44.7 Å². The van der Waals surface area contributed by atoms with Crippen molar-refractivity contribution in [2.45, 2.75) is 92.0 Å². The molecule has 0 aliphatic heterocycles. The number of anilines is 1. The highest BCUT2D eigenvalue weighted by Gasteiger charge is 2.39. The molecule has 2 aromatic rings. The van der Waals surface area contributed by atoms with E-state index in [-0.39, 0.29) is 41.0 Å². The summed E-state index contributed by atoms with van der Waals surface area (Å²) >= 11 is 0. The Morgan fingerprint density at radius 2 is 1.62 bits per heavy atom. The third-order valence-electron chi connectivity index (χ3n) is 7.12. The van der Waals surface area contributed by atoms with E-state index < -0.39 is 48.2 Å². The highest BCUT2D eigenvalue weighted by molar-refractivity contribution is 5.99. The molecule has 2 amide bonds. The van der Waals surface area contributed by atoms with Gasteiger partial charge in [-0.1, -0.05) is 46.1 Å². The number of nitrogens with zero attached hydrogens (tertiary/aromatic N) is 1. The first-order valence-electron chi connectivity index (χ1n) is 14.8. The number of carbonyl (C=O) groups excluding carboxylic acids is 2. The lowest BCUT2D eigenvalue weighted by molar-refractivity contribution is -0.181. The quantitative estimate of drug-likeness (QED) is 0.147. The molecule has 0 saturated heterocycles. The summed E-state index contributed by atoms with van der Waals surface area (Å²) < 4.78 is 107. The minimum Gasteiger partial charge on any atom is -0.487 e. The second-order valence-electron chi connectivity index (χ2n) is 12.2. The summed E-state index contributed by atoms with van der Waals surface area (Å²) in [6.07, 6.45) is -8.19. The Kier molecular flexibility index (Phi) is 13.6. The highest BCUT2D eigenvalue weighted by Crippen LogP contribution is 2.38. The number of hydrogen-bond donors (Lipinski definition) is 3. The third kappa shape index (κ3) is 12.7. The molecule has 2 aromatic carbocycles. The third-order valence-corrected chi connectivity index (χ3v) is 7.12. The average Bonchev–Trinajstić information content (AvgIpc) is 2.95. The molecule has 47 heavy (non-hydrogen) atoms. The molecule has 1 saturated carbocycles. The van der Waals surface area contributed by atoms with Crippen LogP contribution in [0.3, 0.4) is 0 Å². The zero-order valence-corrected chi connectivity index (χ0v) is 26.8. The number of primary amides is 1. The van der Waals surface area contributed by atoms with E-state index in [1.807, 2.05) is 0 Å². The van der Waals surface area contributed by atoms with Crippen LogP contribution in [0.4, 0.5) is 46.5 Å². The number of nitrogens with two attached hydrogens (primary N) is 1. The number of amides is 2. The van der Waals surface area contributed by atoms with E-state index >= 15 is 0 Å². The van der Waals surface area contributed by atoms with Crippen LogP contribution in [0.25, 0.3) is 0 Å². The van der Waals surface area contributed by atoms with Crippen molar-refractivity contribution in [1.29, 1.82) is 0 Å². The van der Waals surface area contributed by atoms with Crippen molar-refractivity contribution in [3.8, 4) is 5.75 Å². The first-order valence-corrected chi connectivity index (χ1v) is 14.8. The van der Waals surface area contributed by atoms with Gasteiger partial charge in [-0.05, 0) is 62.1 Å². The molecule has 1 aliphatic rings. The maximum atomic E-state index is 13.6. The summed E-state index contributed by atoms with van der Waals surface area (Å²) in [5.74, 6) is -2.32. The number of hydrogen-bond acceptors (Lipinski definition) is 4. The van der Waals surface area contributed by atoms with Gasteiger partial charge in [-0.25, -0.2) is 13.8 Å². The van der Waals surface area contributed by atoms with Gasteiger partial charge in [-0.15, -0.1) is 0 Å². The van der Waals surface area contributed by atoms with Gasteiger partial charge in [0.05, 0.1) is 28.4 Å². The molecule has 0 atom stereocenters. The fourth-order valence-electron chi connectivity index (χ4n) is 4.59. The van der Waals surface area contributed by atoms with Crippen molar-refractivity contribution in [2.75, 3.05) is 11.9 Å². The highest BCUT2D eigenvalue weighted by atomic mass is 19.4. The lowest BCUT2D eigenvalue weighted by atomic mass is 9.89. The molecular formula is C32H40F8N4O3. The summed E-state index contributed by atoms with van der Waals surface area (Å²) in [6.45, 7) is 7.18. The first-order chi connectivity index (χ1) is 21.6. The molecule has 0 aromatic heterocycles. The SMILES string of the molecule is CC(=Nc1cc(C(N)=O)c(OCC(F)F)cc1C)Nc1cc(CNC(=O)C(C)(C)C)ccc1C(F)(F)F.FC(F)(F)C1CCCCC1. The van der Waals surface area contributed by atoms with Crippen LogP contribution in [0.2, 0.25) is 0 Å². The van der Waals surface area contributed by atoms with Crippen molar-refractivity contribution in [1.82, 2.24) is 5.32 Å². The minimum absolute atomic E-state index is 0.0142. The summed E-state index contributed by atoms with van der Waals surface area (Å²) in [5.41, 5.74) is 4.22. The van der Waals surface area contributed by atoms with Gasteiger partial charge in [0.15, 0.2) is 0 Å². The normalized spacial score (nSPS) is 14.7. The van der Waals surface area contributed by atoms with Gasteiger partial charge in [0, 0.05) is 12.0 Å². The number of halogens is 8. The number of aliphatic imine (C=N–C) groups is 1. The predicted molar refractivity (Wildman–Crippen MR) is 163 cm³/mol. The Balaban J connectivity index is 0.000000651. The van der Waals surface area contributed by atoms with Crippen molar-refractivity contribution in [3.05, 3.63) is 52.6 Å². The van der Waals surface area contributed by atoms with Gasteiger partial charge in [-0.2, -0.15) is 26.3 Å². The molecule has 0 radical (unpaired) electrons. The van der Waals surface area contributed by atoms with Crippen LogP contribution in [0.15, 0.2) is 35.3 Å². The Bertz CT molecular complexity index is 1410. The molecule has 0 heterocycles. The fraction of sp³-hybridized carbons (Fsp3) is 0.531. The molecule has 1 aliphatic carbocycles. The van der Waals surface area contributed by atoms with Crippen LogP contribution < -0.4 is 21.1 Å². The van der Waals surface area contributed by atoms with E-state index in [0.717, 1.165) is 25.3 Å². The lowest BCUT2D eigenvalue weighted by Gasteiger charge is -2.23. The number of aryl methyl sites for hydroxylation is 1. The van der Waals surface area contributed by atoms with E-state index in [0.29, 0.717) is 24.0 Å². The monoisotopic (exact) mass is 680 g/mol. The topological polar surface area (TPSA) is 106 Å². The lowest BCUT2D eigenvalue weighted by Crippen LogP contribution is -2.34. The maximum Gasteiger partial charge on any atom is 0.418 e. The second kappa shape index (κ2) is 16.3. The number of rotatable bonds is 8. The molecule has 1 fully saturated rings. The largest absolute Gasteiger partial charge is 0.487 e. The van der Waals surface area contributed by atoms with Crippen molar-refractivity contribution >= 4 is 29.0 Å². The van der Waals surface area contributed by atoms with Gasteiger partial charge < -0.3 is 21.1 Å². The summed E-state index contributed by atoms with van der Waals surface area (Å²) in [7, 11) is 0. The molecular weight excluding hydrogens is 640 g/mol. The molecule has 262 valence electrons. The Morgan fingerprint density at radius 1 is 1.00 bits per heavy atom. The number of amidine groups is 1. The van der Waals surface area contributed by atoms with Gasteiger partial charge in [0.2, 0.25) is 5.91 Å². The molecule has 3 rings (SSSR count). The van der Waals surface area contributed by atoms with Gasteiger partial charge in [0.25, 0.3) is 12.3 Å². The smallest absolute Gasteiger partial charge is 0.418 e. The summed E-state index contributed by atoms with van der Waals surface area (Å²) in [5, 5.41) is 5.31. The zero-order chi connectivity index (χ0) is 35.7. The molecule has 0 unspecified atom stereocenters. The van der Waals surface area contributed by atoms with Crippen LogP contribution in [0.5, 0.6) is 5.75 Å². The van der Waals surface area contributed by atoms with Gasteiger partial charge in [-0.3, -0.25) is 9.59 Å². The summed E-state index contributed by atoms with van der Waals surface area (Å²) in [6, 6.07) is 5.94. The number of benzene rings is 2. The fourth-order valence-corrected chi connectivity index (χ4v) is 4.59. The van der Waals surface area contributed by atoms with Crippen LogP contribution >= 0.6 is 0 Å². The average molecular weight is 681 g/mol. The number of alkyl halides is 8. The van der Waals surface area contributed by atoms with Crippen molar-refractivity contribution in [3.63, 3.8) is 0 Å². The Labute approximate surface area is 268 Å². The predicted octanol–water partition coefficient (Wildman–Crippen LogP) is 8.71. The van der Waals surface area contributed by atoms with Crippen LogP contribution in [-0.2, 0) is 17.5 Å². The standard InChI is InChI=1S/C25H29F5N4O3.C7H11F3/c1-13-8-20(37-12-21(26)27)16(22(31)35)10-18(13)33-14(2)34-19-9-15(6-7-17(19)25(28,29)30)11-32-23(36)24(3,4)5;8-7(9,10)6-4-2-1-3-5-6/h6-10,21H,11-12H2,1-5H3,(H2,31,35)(H,32,36)(H,33,34);6H,1-5H2. The number of ether oxygens (including phenoxy) is 1. The number of carbonyl (C=O) groups is 2. The van der Waals surface area contributed by atoms with E-state index in [1.54, 1.807) is 27.7 Å². The van der Waals surface area contributed by atoms with E-state index in [2.05, 4.69) is 15.6 Å². The second-order valence-corrected chi connectivity index (χ2v) is 12.2. The van der Waals surface area contributed by atoms with Gasteiger partial charge in [0.1, 0.15) is 18.2 Å². The zero-order valence-electron chi connectivity index (χ0n) is 26.8. The summed E-state index contributed by atoms with van der Waals surface area (Å²) in [4.78, 5) is 28.2. The first kappa shape index (κ1) is 39.3. The van der Waals surface area contributed by atoms with Crippen molar-refractivity contribution < 1.29 is 49.4 Å². The van der Waals surface area contributed by atoms with Crippen molar-refractivity contribution in [2.24, 2.45) is 22.1 Å². The molecule has 15 heteroatoms. The number of nitrogens with one attached hydrogen (secondary N) is 2. The van der Waals surface area contributed by atoms with E-state index in [4.69, 9.17) is 10.5 Å². The molecule has 0 spiro atoms. The Morgan fingerprint density at radius 3 is 2.11 bits per heavy atom. The minimum atomic E-state index is -4.67. The van der Waals surface area contributed by atoms with Crippen LogP contribution in [-0.4, -0.2) is 36.9 Å². The molecule has 4 N–H and O–H groups in total. The Hall–Kier alpha value is -3.91. The van der Waals surface area contributed by atoms with Gasteiger partial charge >= 0.3 is 12.4 Å².